The molecule has 0 aliphatic carbocycles. The van der Waals surface area contributed by atoms with Crippen molar-refractivity contribution in [3.05, 3.63) is 33.8 Å². The first-order valence-electron chi connectivity index (χ1n) is 5.54. The minimum atomic E-state index is 0.0576. The van der Waals surface area contributed by atoms with Gasteiger partial charge in [-0.15, -0.1) is 0 Å². The number of nitrogens with one attached hydrogen (secondary N) is 2. The van der Waals surface area contributed by atoms with Gasteiger partial charge < -0.3 is 10.6 Å². The van der Waals surface area contributed by atoms with Crippen molar-refractivity contribution in [3.8, 4) is 0 Å². The maximum absolute atomic E-state index is 11.2. The van der Waals surface area contributed by atoms with E-state index in [0.29, 0.717) is 36.1 Å². The van der Waals surface area contributed by atoms with Crippen LogP contribution >= 0.6 is 23.2 Å². The van der Waals surface area contributed by atoms with Gasteiger partial charge in [0.2, 0.25) is 5.91 Å². The molecule has 0 saturated carbocycles. The summed E-state index contributed by atoms with van der Waals surface area (Å²) in [5.41, 5.74) is 0.979. The van der Waals surface area contributed by atoms with Gasteiger partial charge in [-0.3, -0.25) is 4.79 Å². The molecule has 0 aliphatic rings. The molecule has 17 heavy (non-hydrogen) atoms. The van der Waals surface area contributed by atoms with E-state index in [1.807, 2.05) is 13.0 Å². The second kappa shape index (κ2) is 7.54. The predicted molar refractivity (Wildman–Crippen MR) is 71.5 cm³/mol. The number of benzene rings is 1. The van der Waals surface area contributed by atoms with Crippen molar-refractivity contribution >= 4 is 29.1 Å². The highest BCUT2D eigenvalue weighted by Gasteiger charge is 2.02. The van der Waals surface area contributed by atoms with E-state index in [9.17, 15) is 4.79 Å². The van der Waals surface area contributed by atoms with E-state index >= 15 is 0 Å². The molecule has 0 fully saturated rings. The number of carbonyl (C=O) groups excluding carboxylic acids is 1. The van der Waals surface area contributed by atoms with Gasteiger partial charge in [-0.2, -0.15) is 0 Å². The molecule has 0 aliphatic heterocycles. The molecule has 2 N–H and O–H groups in total. The molecule has 0 bridgehead atoms. The summed E-state index contributed by atoms with van der Waals surface area (Å²) in [5, 5.41) is 7.17. The minimum absolute atomic E-state index is 0.0576. The lowest BCUT2D eigenvalue weighted by Gasteiger charge is -2.07. The normalized spacial score (nSPS) is 10.3. The van der Waals surface area contributed by atoms with E-state index in [4.69, 9.17) is 23.2 Å². The number of amides is 1. The van der Waals surface area contributed by atoms with Crippen molar-refractivity contribution in [1.29, 1.82) is 0 Å². The van der Waals surface area contributed by atoms with Gasteiger partial charge in [-0.05, 0) is 24.6 Å². The Morgan fingerprint density at radius 1 is 1.35 bits per heavy atom. The highest BCUT2D eigenvalue weighted by molar-refractivity contribution is 6.35. The van der Waals surface area contributed by atoms with E-state index in [2.05, 4.69) is 10.6 Å². The van der Waals surface area contributed by atoms with Gasteiger partial charge in [0.25, 0.3) is 0 Å². The molecule has 3 nitrogen and oxygen atoms in total. The van der Waals surface area contributed by atoms with Crippen LogP contribution in [0.2, 0.25) is 10.0 Å². The summed E-state index contributed by atoms with van der Waals surface area (Å²) in [7, 11) is 0. The van der Waals surface area contributed by atoms with Crippen molar-refractivity contribution in [2.24, 2.45) is 0 Å². The van der Waals surface area contributed by atoms with Gasteiger partial charge in [0.15, 0.2) is 0 Å². The topological polar surface area (TPSA) is 41.1 Å². The highest BCUT2D eigenvalue weighted by atomic mass is 35.5. The summed E-state index contributed by atoms with van der Waals surface area (Å²) in [6.45, 7) is 3.83. The largest absolute Gasteiger partial charge is 0.356 e. The van der Waals surface area contributed by atoms with Gasteiger partial charge in [0.1, 0.15) is 0 Å². The van der Waals surface area contributed by atoms with E-state index < -0.39 is 0 Å². The Morgan fingerprint density at radius 2 is 2.12 bits per heavy atom. The third-order valence-electron chi connectivity index (χ3n) is 2.23. The number of rotatable bonds is 6. The van der Waals surface area contributed by atoms with Crippen LogP contribution in [0, 0.1) is 0 Å². The molecule has 0 atom stereocenters. The molecule has 1 aromatic rings. The van der Waals surface area contributed by atoms with Crippen LogP contribution in [0.25, 0.3) is 0 Å². The monoisotopic (exact) mass is 274 g/mol. The van der Waals surface area contributed by atoms with Gasteiger partial charge in [0, 0.05) is 36.1 Å². The van der Waals surface area contributed by atoms with E-state index in [1.54, 1.807) is 12.1 Å². The van der Waals surface area contributed by atoms with Gasteiger partial charge >= 0.3 is 0 Å². The molecule has 0 saturated heterocycles. The van der Waals surface area contributed by atoms with Crippen LogP contribution in [-0.4, -0.2) is 19.0 Å². The maximum Gasteiger partial charge on any atom is 0.221 e. The van der Waals surface area contributed by atoms with Crippen molar-refractivity contribution in [2.75, 3.05) is 13.1 Å². The van der Waals surface area contributed by atoms with Gasteiger partial charge in [-0.25, -0.2) is 0 Å². The molecule has 0 radical (unpaired) electrons. The van der Waals surface area contributed by atoms with Gasteiger partial charge in [0.05, 0.1) is 0 Å². The van der Waals surface area contributed by atoms with E-state index in [0.717, 1.165) is 5.56 Å². The molecule has 94 valence electrons. The number of halogens is 2. The summed E-state index contributed by atoms with van der Waals surface area (Å²) < 4.78 is 0. The molecule has 0 spiro atoms. The molecule has 0 aromatic heterocycles. The molecule has 0 heterocycles. The van der Waals surface area contributed by atoms with Crippen LogP contribution in [0.4, 0.5) is 0 Å². The average molecular weight is 275 g/mol. The predicted octanol–water partition coefficient (Wildman–Crippen LogP) is 2.61. The fourth-order valence-electron chi connectivity index (χ4n) is 1.38. The lowest BCUT2D eigenvalue weighted by molar-refractivity contribution is -0.120. The van der Waals surface area contributed by atoms with Crippen molar-refractivity contribution < 1.29 is 4.79 Å². The zero-order chi connectivity index (χ0) is 12.7. The van der Waals surface area contributed by atoms with Crippen LogP contribution < -0.4 is 10.6 Å². The number of hydrogen-bond acceptors (Lipinski definition) is 2. The van der Waals surface area contributed by atoms with Crippen LogP contribution in [0.15, 0.2) is 18.2 Å². The Morgan fingerprint density at radius 3 is 2.76 bits per heavy atom. The van der Waals surface area contributed by atoms with E-state index in [-0.39, 0.29) is 5.91 Å². The van der Waals surface area contributed by atoms with Crippen molar-refractivity contribution in [1.82, 2.24) is 10.6 Å². The standard InChI is InChI=1S/C12H16Cl2N2O/c1-2-16-12(17)5-6-15-8-9-3-4-10(13)7-11(9)14/h3-4,7,15H,2,5-6,8H2,1H3,(H,16,17). The molecule has 1 aromatic carbocycles. The van der Waals surface area contributed by atoms with Crippen LogP contribution in [0.3, 0.4) is 0 Å². The lowest BCUT2D eigenvalue weighted by atomic mass is 10.2. The van der Waals surface area contributed by atoms with Crippen LogP contribution in [-0.2, 0) is 11.3 Å². The summed E-state index contributed by atoms with van der Waals surface area (Å²) in [6, 6.07) is 5.39. The first-order valence-corrected chi connectivity index (χ1v) is 6.30. The minimum Gasteiger partial charge on any atom is -0.356 e. The SMILES string of the molecule is CCNC(=O)CCNCc1ccc(Cl)cc1Cl. The second-order valence-corrected chi connectivity index (χ2v) is 4.46. The molecular formula is C12H16Cl2N2O. The molecule has 0 unspecified atom stereocenters. The van der Waals surface area contributed by atoms with Gasteiger partial charge in [-0.1, -0.05) is 29.3 Å². The average Bonchev–Trinajstić information content (AvgIpc) is 2.27. The molecule has 1 rings (SSSR count). The third-order valence-corrected chi connectivity index (χ3v) is 2.82. The van der Waals surface area contributed by atoms with E-state index in [1.165, 1.54) is 0 Å². The Hall–Kier alpha value is -0.770. The van der Waals surface area contributed by atoms with Crippen molar-refractivity contribution in [2.45, 2.75) is 19.9 Å². The lowest BCUT2D eigenvalue weighted by Crippen LogP contribution is -2.27. The summed E-state index contributed by atoms with van der Waals surface area (Å²) in [5.74, 6) is 0.0576. The summed E-state index contributed by atoms with van der Waals surface area (Å²) >= 11 is 11.8. The maximum atomic E-state index is 11.2. The quantitative estimate of drug-likeness (QED) is 0.783. The number of carbonyl (C=O) groups is 1. The Kier molecular flexibility index (Phi) is 6.34. The first kappa shape index (κ1) is 14.3. The van der Waals surface area contributed by atoms with Crippen LogP contribution in [0.5, 0.6) is 0 Å². The Bertz CT molecular complexity index is 383. The van der Waals surface area contributed by atoms with Crippen LogP contribution in [0.1, 0.15) is 18.9 Å². The molecule has 5 heteroatoms. The zero-order valence-electron chi connectivity index (χ0n) is 9.72. The zero-order valence-corrected chi connectivity index (χ0v) is 11.2. The Balaban J connectivity index is 2.29. The Labute approximate surface area is 111 Å². The fraction of sp³-hybridized carbons (Fsp3) is 0.417. The second-order valence-electron chi connectivity index (χ2n) is 3.62. The molecular weight excluding hydrogens is 259 g/mol. The summed E-state index contributed by atoms with van der Waals surface area (Å²) in [4.78, 5) is 11.2. The third kappa shape index (κ3) is 5.39. The smallest absolute Gasteiger partial charge is 0.221 e. The first-order chi connectivity index (χ1) is 8.13. The fourth-order valence-corrected chi connectivity index (χ4v) is 1.85. The highest BCUT2D eigenvalue weighted by Crippen LogP contribution is 2.20. The van der Waals surface area contributed by atoms with Crippen molar-refractivity contribution in [3.63, 3.8) is 0 Å². The number of hydrogen-bond donors (Lipinski definition) is 2. The molecule has 1 amide bonds. The summed E-state index contributed by atoms with van der Waals surface area (Å²) in [6.07, 6.45) is 0.471.